The summed E-state index contributed by atoms with van der Waals surface area (Å²) in [6.07, 6.45) is 4.92. The van der Waals surface area contributed by atoms with Crippen LogP contribution in [0.25, 0.3) is 5.76 Å². The molecule has 0 spiro atoms. The Hall–Kier alpha value is -5.17. The summed E-state index contributed by atoms with van der Waals surface area (Å²) in [5.74, 6) is 0.0446. The number of nitrogens with zero attached hydrogens (tertiary/aromatic N) is 2. The minimum absolute atomic E-state index is 0.000473. The molecule has 0 bridgehead atoms. The lowest BCUT2D eigenvalue weighted by molar-refractivity contribution is -0.140. The molecule has 7 heteroatoms. The zero-order chi connectivity index (χ0) is 27.2. The summed E-state index contributed by atoms with van der Waals surface area (Å²) in [6.45, 7) is 4.11. The average molecular weight is 519 g/mol. The highest BCUT2D eigenvalue weighted by molar-refractivity contribution is 6.46. The maximum atomic E-state index is 13.4. The number of carbonyl (C=O) groups is 2. The summed E-state index contributed by atoms with van der Waals surface area (Å²) in [4.78, 5) is 32.3. The SMILES string of the molecule is C=CCOc1ccc(C(O)=C2C(=O)C(=O)N(Cc3cccnc3)C2c2cccc(Oc3ccccc3)c2)cc1. The van der Waals surface area contributed by atoms with E-state index in [4.69, 9.17) is 9.47 Å². The molecule has 2 heterocycles. The number of carbonyl (C=O) groups excluding carboxylic acids is 2. The van der Waals surface area contributed by atoms with Crippen LogP contribution < -0.4 is 9.47 Å². The van der Waals surface area contributed by atoms with E-state index < -0.39 is 17.7 Å². The molecule has 1 N–H and O–H groups in total. The third-order valence-electron chi connectivity index (χ3n) is 6.26. The quantitative estimate of drug-likeness (QED) is 0.125. The normalized spacial score (nSPS) is 16.2. The summed E-state index contributed by atoms with van der Waals surface area (Å²) in [6, 6.07) is 25.9. The molecule has 194 valence electrons. The van der Waals surface area contributed by atoms with Crippen LogP contribution >= 0.6 is 0 Å². The number of aromatic nitrogens is 1. The van der Waals surface area contributed by atoms with Gasteiger partial charge in [-0.05, 0) is 65.7 Å². The van der Waals surface area contributed by atoms with Crippen LogP contribution in [0.5, 0.6) is 17.2 Å². The van der Waals surface area contributed by atoms with E-state index in [1.165, 1.54) is 4.90 Å². The van der Waals surface area contributed by atoms with Crippen molar-refractivity contribution in [3.8, 4) is 17.2 Å². The van der Waals surface area contributed by atoms with E-state index >= 15 is 0 Å². The summed E-state index contributed by atoms with van der Waals surface area (Å²) in [7, 11) is 0. The molecule has 7 nitrogen and oxygen atoms in total. The van der Waals surface area contributed by atoms with Gasteiger partial charge < -0.3 is 19.5 Å². The Morgan fingerprint density at radius 1 is 0.923 bits per heavy atom. The van der Waals surface area contributed by atoms with Gasteiger partial charge in [0.2, 0.25) is 0 Å². The topological polar surface area (TPSA) is 89.0 Å². The molecule has 1 aromatic heterocycles. The predicted molar refractivity (Wildman–Crippen MR) is 147 cm³/mol. The highest BCUT2D eigenvalue weighted by Crippen LogP contribution is 2.41. The van der Waals surface area contributed by atoms with Gasteiger partial charge in [0, 0.05) is 24.5 Å². The van der Waals surface area contributed by atoms with Gasteiger partial charge in [0.1, 0.15) is 29.6 Å². The minimum Gasteiger partial charge on any atom is -0.507 e. The van der Waals surface area contributed by atoms with E-state index in [9.17, 15) is 14.7 Å². The van der Waals surface area contributed by atoms with Crippen molar-refractivity contribution in [2.75, 3.05) is 6.61 Å². The third kappa shape index (κ3) is 5.57. The number of hydrogen-bond acceptors (Lipinski definition) is 6. The fourth-order valence-corrected chi connectivity index (χ4v) is 4.47. The number of hydrogen-bond donors (Lipinski definition) is 1. The van der Waals surface area contributed by atoms with E-state index in [0.29, 0.717) is 35.0 Å². The van der Waals surface area contributed by atoms with Crippen molar-refractivity contribution >= 4 is 17.4 Å². The second-order valence-electron chi connectivity index (χ2n) is 8.90. The van der Waals surface area contributed by atoms with E-state index in [0.717, 1.165) is 5.56 Å². The van der Waals surface area contributed by atoms with E-state index in [-0.39, 0.29) is 17.9 Å². The van der Waals surface area contributed by atoms with E-state index in [2.05, 4.69) is 11.6 Å². The molecule has 3 aromatic carbocycles. The number of aliphatic hydroxyl groups is 1. The first-order valence-corrected chi connectivity index (χ1v) is 12.4. The van der Waals surface area contributed by atoms with Crippen molar-refractivity contribution in [3.63, 3.8) is 0 Å². The van der Waals surface area contributed by atoms with Crippen molar-refractivity contribution in [2.24, 2.45) is 0 Å². The van der Waals surface area contributed by atoms with Crippen LogP contribution in [0.2, 0.25) is 0 Å². The van der Waals surface area contributed by atoms with Crippen LogP contribution in [-0.4, -0.2) is 33.3 Å². The lowest BCUT2D eigenvalue weighted by atomic mass is 9.95. The van der Waals surface area contributed by atoms with Gasteiger partial charge in [0.25, 0.3) is 11.7 Å². The number of ether oxygens (including phenoxy) is 2. The molecule has 0 radical (unpaired) electrons. The molecule has 1 aliphatic heterocycles. The van der Waals surface area contributed by atoms with Crippen LogP contribution in [-0.2, 0) is 16.1 Å². The number of likely N-dealkylation sites (tertiary alicyclic amines) is 1. The fraction of sp³-hybridized carbons (Fsp3) is 0.0938. The highest BCUT2D eigenvalue weighted by atomic mass is 16.5. The number of benzene rings is 3. The molecule has 1 atom stereocenters. The molecule has 1 fully saturated rings. The first kappa shape index (κ1) is 25.5. The molecule has 39 heavy (non-hydrogen) atoms. The molecular weight excluding hydrogens is 492 g/mol. The van der Waals surface area contributed by atoms with E-state index in [1.807, 2.05) is 42.5 Å². The largest absolute Gasteiger partial charge is 0.507 e. The lowest BCUT2D eigenvalue weighted by Crippen LogP contribution is -2.29. The van der Waals surface area contributed by atoms with Crippen LogP contribution in [0.3, 0.4) is 0 Å². The maximum absolute atomic E-state index is 13.4. The first-order valence-electron chi connectivity index (χ1n) is 12.4. The number of para-hydroxylation sites is 1. The van der Waals surface area contributed by atoms with E-state index in [1.54, 1.807) is 67.0 Å². The number of aliphatic hydroxyl groups excluding tert-OH is 1. The Labute approximate surface area is 226 Å². The molecule has 1 aliphatic rings. The van der Waals surface area contributed by atoms with Crippen LogP contribution in [0.4, 0.5) is 0 Å². The number of rotatable bonds is 9. The Kier molecular flexibility index (Phi) is 7.50. The molecule has 0 aliphatic carbocycles. The second-order valence-corrected chi connectivity index (χ2v) is 8.90. The third-order valence-corrected chi connectivity index (χ3v) is 6.26. The van der Waals surface area contributed by atoms with Gasteiger partial charge in [0.05, 0.1) is 11.6 Å². The predicted octanol–water partition coefficient (Wildman–Crippen LogP) is 6.06. The number of pyridine rings is 1. The van der Waals surface area contributed by atoms with Crippen molar-refractivity contribution in [1.29, 1.82) is 0 Å². The molecule has 5 rings (SSSR count). The Morgan fingerprint density at radius 3 is 2.41 bits per heavy atom. The molecule has 1 saturated heterocycles. The molecular formula is C32H26N2O5. The highest BCUT2D eigenvalue weighted by Gasteiger charge is 2.46. The lowest BCUT2D eigenvalue weighted by Gasteiger charge is -2.25. The number of ketones is 1. The fourth-order valence-electron chi connectivity index (χ4n) is 4.47. The molecule has 1 unspecified atom stereocenters. The van der Waals surface area contributed by atoms with Gasteiger partial charge in [-0.25, -0.2) is 0 Å². The number of amides is 1. The van der Waals surface area contributed by atoms with Gasteiger partial charge in [-0.15, -0.1) is 0 Å². The van der Waals surface area contributed by atoms with Crippen molar-refractivity contribution in [2.45, 2.75) is 12.6 Å². The Bertz CT molecular complexity index is 1520. The summed E-state index contributed by atoms with van der Waals surface area (Å²) in [5.41, 5.74) is 1.77. The molecule has 4 aromatic rings. The van der Waals surface area contributed by atoms with Gasteiger partial charge in [-0.2, -0.15) is 0 Å². The monoisotopic (exact) mass is 518 g/mol. The van der Waals surface area contributed by atoms with Gasteiger partial charge in [-0.3, -0.25) is 14.6 Å². The van der Waals surface area contributed by atoms with Gasteiger partial charge in [-0.1, -0.05) is 49.1 Å². The molecule has 0 saturated carbocycles. The van der Waals surface area contributed by atoms with Crippen molar-refractivity contribution < 1.29 is 24.2 Å². The summed E-state index contributed by atoms with van der Waals surface area (Å²) in [5, 5.41) is 11.4. The van der Waals surface area contributed by atoms with Gasteiger partial charge in [0.15, 0.2) is 0 Å². The first-order chi connectivity index (χ1) is 19.0. The van der Waals surface area contributed by atoms with Crippen LogP contribution in [0, 0.1) is 0 Å². The summed E-state index contributed by atoms with van der Waals surface area (Å²) >= 11 is 0. The smallest absolute Gasteiger partial charge is 0.295 e. The summed E-state index contributed by atoms with van der Waals surface area (Å²) < 4.78 is 11.5. The number of Topliss-reactive ketones (excluding diaryl/α,β-unsaturated/α-hetero) is 1. The standard InChI is InChI=1S/C32H26N2O5/c1-2-18-38-25-15-13-23(14-16-25)30(35)28-29(34(32(37)31(28)36)21-22-8-7-17-33-20-22)24-9-6-12-27(19-24)39-26-10-4-3-5-11-26/h2-17,19-20,29,35H,1,18,21H2. The zero-order valence-corrected chi connectivity index (χ0v) is 21.1. The molecule has 1 amide bonds. The minimum atomic E-state index is -0.846. The second kappa shape index (κ2) is 11.5. The van der Waals surface area contributed by atoms with Crippen LogP contribution in [0.1, 0.15) is 22.7 Å². The zero-order valence-electron chi connectivity index (χ0n) is 21.1. The Morgan fingerprint density at radius 2 is 1.69 bits per heavy atom. The average Bonchev–Trinajstić information content (AvgIpc) is 3.22. The van der Waals surface area contributed by atoms with Gasteiger partial charge >= 0.3 is 0 Å². The van der Waals surface area contributed by atoms with Crippen molar-refractivity contribution in [3.05, 3.63) is 138 Å². The maximum Gasteiger partial charge on any atom is 0.295 e. The Balaban J connectivity index is 1.57. The van der Waals surface area contributed by atoms with Crippen molar-refractivity contribution in [1.82, 2.24) is 9.88 Å². The van der Waals surface area contributed by atoms with Crippen LogP contribution in [0.15, 0.2) is 122 Å².